The maximum Gasteiger partial charge on any atom is 0.410 e. The number of hydrogen-bond acceptors (Lipinski definition) is 5. The molecule has 0 fully saturated rings. The normalized spacial score (nSPS) is 11.5. The van der Waals surface area contributed by atoms with Gasteiger partial charge in [-0.1, -0.05) is 6.07 Å². The molecule has 0 spiro atoms. The van der Waals surface area contributed by atoms with Crippen LogP contribution in [0.1, 0.15) is 42.5 Å². The van der Waals surface area contributed by atoms with Crippen molar-refractivity contribution in [1.29, 1.82) is 0 Å². The maximum absolute atomic E-state index is 12.6. The van der Waals surface area contributed by atoms with Crippen molar-refractivity contribution in [2.24, 2.45) is 4.99 Å². The molecule has 0 aliphatic rings. The second-order valence-electron chi connectivity index (χ2n) is 7.98. The molecule has 0 atom stereocenters. The van der Waals surface area contributed by atoms with Crippen LogP contribution in [0.25, 0.3) is 0 Å². The van der Waals surface area contributed by atoms with E-state index in [1.165, 1.54) is 9.75 Å². The first-order chi connectivity index (χ1) is 14.3. The zero-order valence-corrected chi connectivity index (χ0v) is 22.1. The molecule has 172 valence electrons. The predicted molar refractivity (Wildman–Crippen MR) is 138 cm³/mol. The minimum absolute atomic E-state index is 0. The Hall–Kier alpha value is -1.88. The number of aliphatic imine (C=N–C) groups is 1. The number of carbonyl (C=O) groups excluding carboxylic acids is 1. The zero-order chi connectivity index (χ0) is 22.0. The van der Waals surface area contributed by atoms with E-state index in [4.69, 9.17) is 4.74 Å². The molecule has 0 aliphatic carbocycles. The summed E-state index contributed by atoms with van der Waals surface area (Å²) in [5, 5.41) is 6.62. The Bertz CT molecular complexity index is 821. The van der Waals surface area contributed by atoms with Gasteiger partial charge in [-0.25, -0.2) is 4.79 Å². The van der Waals surface area contributed by atoms with E-state index >= 15 is 0 Å². The molecule has 2 heterocycles. The summed E-state index contributed by atoms with van der Waals surface area (Å²) in [6, 6.07) is 8.07. The Labute approximate surface area is 206 Å². The second-order valence-corrected chi connectivity index (χ2v) is 9.35. The van der Waals surface area contributed by atoms with E-state index < -0.39 is 5.60 Å². The molecule has 0 saturated heterocycles. The number of amides is 1. The molecule has 0 radical (unpaired) electrons. The smallest absolute Gasteiger partial charge is 0.410 e. The van der Waals surface area contributed by atoms with E-state index in [1.807, 2.05) is 32.9 Å². The minimum atomic E-state index is -0.533. The fraction of sp³-hybridized carbons (Fsp3) is 0.500. The van der Waals surface area contributed by atoms with Crippen molar-refractivity contribution >= 4 is 47.4 Å². The molecule has 1 amide bonds. The van der Waals surface area contributed by atoms with Crippen LogP contribution >= 0.6 is 35.3 Å². The van der Waals surface area contributed by atoms with E-state index in [0.717, 1.165) is 24.5 Å². The van der Waals surface area contributed by atoms with E-state index in [1.54, 1.807) is 35.7 Å². The molecule has 0 aliphatic heterocycles. The number of aromatic nitrogens is 1. The lowest BCUT2D eigenvalue weighted by Crippen LogP contribution is -2.40. The van der Waals surface area contributed by atoms with Gasteiger partial charge in [-0.2, -0.15) is 0 Å². The first kappa shape index (κ1) is 27.2. The van der Waals surface area contributed by atoms with Crippen LogP contribution in [0.15, 0.2) is 41.7 Å². The number of ether oxygens (including phenoxy) is 1. The molecule has 0 aromatic carbocycles. The quantitative estimate of drug-likeness (QED) is 0.215. The Balaban J connectivity index is 0.00000480. The Morgan fingerprint density at radius 3 is 2.61 bits per heavy atom. The highest BCUT2D eigenvalue weighted by Gasteiger charge is 2.22. The molecule has 2 rings (SSSR count). The highest BCUT2D eigenvalue weighted by Crippen LogP contribution is 2.14. The lowest BCUT2D eigenvalue weighted by molar-refractivity contribution is 0.0232. The van der Waals surface area contributed by atoms with Gasteiger partial charge in [0.25, 0.3) is 0 Å². The third-order valence-electron chi connectivity index (χ3n) is 4.09. The summed E-state index contributed by atoms with van der Waals surface area (Å²) in [6.07, 6.45) is 3.94. The number of thiophene rings is 1. The van der Waals surface area contributed by atoms with Gasteiger partial charge >= 0.3 is 6.09 Å². The highest BCUT2D eigenvalue weighted by molar-refractivity contribution is 14.0. The van der Waals surface area contributed by atoms with Crippen LogP contribution < -0.4 is 10.6 Å². The van der Waals surface area contributed by atoms with Crippen LogP contribution in [0.3, 0.4) is 0 Å². The average molecular weight is 560 g/mol. The highest BCUT2D eigenvalue weighted by atomic mass is 127. The van der Waals surface area contributed by atoms with Gasteiger partial charge in [-0.15, -0.1) is 35.3 Å². The molecule has 31 heavy (non-hydrogen) atoms. The number of guanidine groups is 1. The SMILES string of the molecule is CN=C(NCCCN(Cc1cccnc1)C(=O)OC(C)(C)C)NCc1ccc(C)s1.I. The number of carbonyl (C=O) groups is 1. The van der Waals surface area contributed by atoms with Gasteiger partial charge in [0, 0.05) is 42.3 Å². The van der Waals surface area contributed by atoms with Gasteiger partial charge in [0.2, 0.25) is 0 Å². The third kappa shape index (κ3) is 10.8. The van der Waals surface area contributed by atoms with Crippen molar-refractivity contribution in [2.45, 2.75) is 52.8 Å². The second kappa shape index (κ2) is 13.5. The van der Waals surface area contributed by atoms with Gasteiger partial charge < -0.3 is 20.3 Å². The number of nitrogens with zero attached hydrogens (tertiary/aromatic N) is 3. The van der Waals surface area contributed by atoms with Crippen molar-refractivity contribution in [1.82, 2.24) is 20.5 Å². The number of rotatable bonds is 8. The summed E-state index contributed by atoms with van der Waals surface area (Å²) >= 11 is 1.77. The fourth-order valence-electron chi connectivity index (χ4n) is 2.72. The minimum Gasteiger partial charge on any atom is -0.444 e. The Kier molecular flexibility index (Phi) is 11.8. The van der Waals surface area contributed by atoms with Gasteiger partial charge in [0.15, 0.2) is 5.96 Å². The van der Waals surface area contributed by atoms with Crippen molar-refractivity contribution in [3.63, 3.8) is 0 Å². The number of nitrogens with one attached hydrogen (secondary N) is 2. The molecule has 9 heteroatoms. The van der Waals surface area contributed by atoms with E-state index in [9.17, 15) is 4.79 Å². The zero-order valence-electron chi connectivity index (χ0n) is 19.0. The molecule has 2 aromatic heterocycles. The molecule has 0 bridgehead atoms. The maximum atomic E-state index is 12.6. The summed E-state index contributed by atoms with van der Waals surface area (Å²) < 4.78 is 5.57. The van der Waals surface area contributed by atoms with Gasteiger partial charge in [0.1, 0.15) is 5.60 Å². The Morgan fingerprint density at radius 2 is 2.03 bits per heavy atom. The number of pyridine rings is 1. The first-order valence-corrected chi connectivity index (χ1v) is 10.9. The summed E-state index contributed by atoms with van der Waals surface area (Å²) in [5.74, 6) is 0.747. The standard InChI is InChI=1S/C22H33N5O2S.HI/c1-17-9-10-19(30-17)15-26-20(23-5)25-12-7-13-27(21(28)29-22(2,3)4)16-18-8-6-11-24-14-18;/h6,8-11,14H,7,12-13,15-16H2,1-5H3,(H2,23,25,26);1H. The molecular weight excluding hydrogens is 525 g/mol. The number of halogens is 1. The Morgan fingerprint density at radius 1 is 1.26 bits per heavy atom. The van der Waals surface area contributed by atoms with Crippen LogP contribution in [0.2, 0.25) is 0 Å². The number of aryl methyl sites for hydroxylation is 1. The molecule has 0 saturated carbocycles. The van der Waals surface area contributed by atoms with E-state index in [2.05, 4.69) is 39.7 Å². The largest absolute Gasteiger partial charge is 0.444 e. The van der Waals surface area contributed by atoms with Crippen molar-refractivity contribution < 1.29 is 9.53 Å². The van der Waals surface area contributed by atoms with Gasteiger partial charge in [0.05, 0.1) is 13.1 Å². The monoisotopic (exact) mass is 559 g/mol. The molecule has 7 nitrogen and oxygen atoms in total. The summed E-state index contributed by atoms with van der Waals surface area (Å²) in [7, 11) is 1.75. The third-order valence-corrected chi connectivity index (χ3v) is 5.10. The van der Waals surface area contributed by atoms with Crippen molar-refractivity contribution in [2.75, 3.05) is 20.1 Å². The van der Waals surface area contributed by atoms with Gasteiger partial charge in [-0.05, 0) is 57.9 Å². The van der Waals surface area contributed by atoms with Crippen LogP contribution in [-0.4, -0.2) is 47.7 Å². The van der Waals surface area contributed by atoms with Crippen molar-refractivity contribution in [3.05, 3.63) is 52.0 Å². The van der Waals surface area contributed by atoms with Crippen LogP contribution in [0.5, 0.6) is 0 Å². The van der Waals surface area contributed by atoms with E-state index in [0.29, 0.717) is 19.6 Å². The molecular formula is C22H34IN5O2S. The summed E-state index contributed by atoms with van der Waals surface area (Å²) in [6.45, 7) is 10.2. The lowest BCUT2D eigenvalue weighted by atomic mass is 10.2. The van der Waals surface area contributed by atoms with Crippen LogP contribution in [0.4, 0.5) is 4.79 Å². The molecule has 2 aromatic rings. The van der Waals surface area contributed by atoms with Gasteiger partial charge in [-0.3, -0.25) is 9.98 Å². The number of hydrogen-bond donors (Lipinski definition) is 2. The fourth-order valence-corrected chi connectivity index (χ4v) is 3.55. The van der Waals surface area contributed by atoms with Crippen LogP contribution in [0, 0.1) is 6.92 Å². The summed E-state index contributed by atoms with van der Waals surface area (Å²) in [5.41, 5.74) is 0.439. The first-order valence-electron chi connectivity index (χ1n) is 10.1. The summed E-state index contributed by atoms with van der Waals surface area (Å²) in [4.78, 5) is 25.3. The van der Waals surface area contributed by atoms with Crippen molar-refractivity contribution in [3.8, 4) is 0 Å². The molecule has 2 N–H and O–H groups in total. The topological polar surface area (TPSA) is 78.9 Å². The lowest BCUT2D eigenvalue weighted by Gasteiger charge is -2.27. The van der Waals surface area contributed by atoms with E-state index in [-0.39, 0.29) is 30.1 Å². The predicted octanol–water partition coefficient (Wildman–Crippen LogP) is 4.56. The average Bonchev–Trinajstić information content (AvgIpc) is 3.11. The molecule has 0 unspecified atom stereocenters. The van der Waals surface area contributed by atoms with Crippen LogP contribution in [-0.2, 0) is 17.8 Å².